The van der Waals surface area contributed by atoms with E-state index in [2.05, 4.69) is 47.2 Å². The molecule has 0 aliphatic carbocycles. The van der Waals surface area contributed by atoms with Crippen LogP contribution < -0.4 is 11.1 Å². The normalized spacial score (nSPS) is 11.4. The molecule has 0 aliphatic heterocycles. The van der Waals surface area contributed by atoms with Gasteiger partial charge in [-0.05, 0) is 42.5 Å². The second kappa shape index (κ2) is 5.74. The Kier molecular flexibility index (Phi) is 4.79. The number of primary amides is 1. The number of halogens is 1. The number of benzene rings is 1. The van der Waals surface area contributed by atoms with Gasteiger partial charge in [0.15, 0.2) is 0 Å². The number of carbonyl (C=O) groups excluding carboxylic acids is 1. The molecule has 3 N–H and O–H groups in total. The molecule has 0 aliphatic rings. The average molecular weight is 313 g/mol. The molecule has 0 radical (unpaired) electrons. The van der Waals surface area contributed by atoms with E-state index >= 15 is 0 Å². The summed E-state index contributed by atoms with van der Waals surface area (Å²) in [6.07, 6.45) is 0.384. The maximum absolute atomic E-state index is 11.0. The number of nitrogens with one attached hydrogen (secondary N) is 1. The fourth-order valence-electron chi connectivity index (χ4n) is 2.05. The summed E-state index contributed by atoms with van der Waals surface area (Å²) in [4.78, 5) is 11.0. The van der Waals surface area contributed by atoms with Crippen LogP contribution in [-0.4, -0.2) is 12.5 Å². The van der Waals surface area contributed by atoms with Gasteiger partial charge >= 0.3 is 0 Å². The Hall–Kier alpha value is -1.03. The highest BCUT2D eigenvalue weighted by Gasteiger charge is 2.21. The predicted octanol–water partition coefficient (Wildman–Crippen LogP) is 3.38. The van der Waals surface area contributed by atoms with Crippen LogP contribution in [0.4, 0.5) is 5.69 Å². The Morgan fingerprint density at radius 3 is 2.28 bits per heavy atom. The van der Waals surface area contributed by atoms with Crippen molar-refractivity contribution in [2.75, 3.05) is 11.9 Å². The third-order valence-corrected chi connectivity index (χ3v) is 3.35. The molecule has 1 rings (SSSR count). The summed E-state index contributed by atoms with van der Waals surface area (Å²) in [6, 6.07) is 4.16. The summed E-state index contributed by atoms with van der Waals surface area (Å²) in [6.45, 7) is 8.93. The molecule has 3 nitrogen and oxygen atoms in total. The third-order valence-electron chi connectivity index (χ3n) is 2.89. The van der Waals surface area contributed by atoms with E-state index in [1.165, 1.54) is 11.1 Å². The van der Waals surface area contributed by atoms with E-state index in [0.717, 1.165) is 16.7 Å². The maximum Gasteiger partial charge on any atom is 0.218 e. The Morgan fingerprint density at radius 1 is 1.33 bits per heavy atom. The molecular formula is C14H21BrN2O. The van der Waals surface area contributed by atoms with Gasteiger partial charge in [-0.1, -0.05) is 29.8 Å². The quantitative estimate of drug-likeness (QED) is 0.875. The number of hydrogen-bond donors (Lipinski definition) is 2. The molecular weight excluding hydrogens is 292 g/mol. The summed E-state index contributed by atoms with van der Waals surface area (Å²) in [5.74, 6) is -0.258. The lowest BCUT2D eigenvalue weighted by atomic mass is 9.88. The standard InChI is InChI=1S/C14H21BrN2O/c1-9-5-11(15)6-10(2)13(9)17-8-14(3,4)7-12(16)18/h5-6,17H,7-8H2,1-4H3,(H2,16,18). The summed E-state index contributed by atoms with van der Waals surface area (Å²) in [5.41, 5.74) is 8.63. The fourth-order valence-corrected chi connectivity index (χ4v) is 2.74. The van der Waals surface area contributed by atoms with Gasteiger partial charge in [0.1, 0.15) is 0 Å². The van der Waals surface area contributed by atoms with Crippen LogP contribution in [0.3, 0.4) is 0 Å². The molecule has 0 saturated carbocycles. The van der Waals surface area contributed by atoms with Gasteiger partial charge in [0, 0.05) is 23.1 Å². The van der Waals surface area contributed by atoms with E-state index in [4.69, 9.17) is 5.73 Å². The second-order valence-electron chi connectivity index (χ2n) is 5.58. The van der Waals surface area contributed by atoms with E-state index in [0.29, 0.717) is 6.42 Å². The molecule has 100 valence electrons. The summed E-state index contributed by atoms with van der Waals surface area (Å²) in [7, 11) is 0. The minimum atomic E-state index is -0.258. The first-order valence-electron chi connectivity index (χ1n) is 6.00. The maximum atomic E-state index is 11.0. The Labute approximate surface area is 117 Å². The van der Waals surface area contributed by atoms with Crippen molar-refractivity contribution in [1.29, 1.82) is 0 Å². The average Bonchev–Trinajstić information content (AvgIpc) is 2.12. The lowest BCUT2D eigenvalue weighted by Crippen LogP contribution is -2.29. The first-order valence-corrected chi connectivity index (χ1v) is 6.79. The van der Waals surface area contributed by atoms with Crippen LogP contribution in [0, 0.1) is 19.3 Å². The first kappa shape index (κ1) is 15.0. The first-order chi connectivity index (χ1) is 8.21. The van der Waals surface area contributed by atoms with Crippen molar-refractivity contribution < 1.29 is 4.79 Å². The van der Waals surface area contributed by atoms with Gasteiger partial charge in [-0.3, -0.25) is 4.79 Å². The lowest BCUT2D eigenvalue weighted by Gasteiger charge is -2.25. The fraction of sp³-hybridized carbons (Fsp3) is 0.500. The van der Waals surface area contributed by atoms with E-state index in [1.54, 1.807) is 0 Å². The zero-order chi connectivity index (χ0) is 13.9. The van der Waals surface area contributed by atoms with Crippen molar-refractivity contribution in [3.05, 3.63) is 27.7 Å². The van der Waals surface area contributed by atoms with Crippen LogP contribution in [0.5, 0.6) is 0 Å². The molecule has 0 heterocycles. The van der Waals surface area contributed by atoms with Gasteiger partial charge in [0.05, 0.1) is 0 Å². The number of carbonyl (C=O) groups is 1. The van der Waals surface area contributed by atoms with Crippen molar-refractivity contribution in [3.8, 4) is 0 Å². The zero-order valence-electron chi connectivity index (χ0n) is 11.4. The highest BCUT2D eigenvalue weighted by Crippen LogP contribution is 2.27. The van der Waals surface area contributed by atoms with E-state index in [9.17, 15) is 4.79 Å². The van der Waals surface area contributed by atoms with Gasteiger partial charge in [0.25, 0.3) is 0 Å². The third kappa shape index (κ3) is 4.33. The summed E-state index contributed by atoms with van der Waals surface area (Å²) in [5, 5.41) is 3.43. The van der Waals surface area contributed by atoms with Gasteiger partial charge in [-0.2, -0.15) is 0 Å². The highest BCUT2D eigenvalue weighted by molar-refractivity contribution is 9.10. The largest absolute Gasteiger partial charge is 0.384 e. The predicted molar refractivity (Wildman–Crippen MR) is 79.7 cm³/mol. The molecule has 0 saturated heterocycles. The van der Waals surface area contributed by atoms with Crippen molar-refractivity contribution >= 4 is 27.5 Å². The molecule has 0 atom stereocenters. The number of aryl methyl sites for hydroxylation is 2. The zero-order valence-corrected chi connectivity index (χ0v) is 13.0. The number of rotatable bonds is 5. The molecule has 0 unspecified atom stereocenters. The Morgan fingerprint density at radius 2 is 1.83 bits per heavy atom. The number of hydrogen-bond acceptors (Lipinski definition) is 2. The van der Waals surface area contributed by atoms with Crippen LogP contribution >= 0.6 is 15.9 Å². The lowest BCUT2D eigenvalue weighted by molar-refractivity contribution is -0.119. The highest BCUT2D eigenvalue weighted by atomic mass is 79.9. The van der Waals surface area contributed by atoms with Gasteiger partial charge < -0.3 is 11.1 Å². The molecule has 4 heteroatoms. The molecule has 18 heavy (non-hydrogen) atoms. The van der Waals surface area contributed by atoms with Crippen LogP contribution in [0.2, 0.25) is 0 Å². The topological polar surface area (TPSA) is 55.1 Å². The molecule has 0 spiro atoms. The smallest absolute Gasteiger partial charge is 0.218 e. The monoisotopic (exact) mass is 312 g/mol. The minimum absolute atomic E-state index is 0.141. The van der Waals surface area contributed by atoms with Crippen LogP contribution in [0.15, 0.2) is 16.6 Å². The Bertz CT molecular complexity index is 432. The van der Waals surface area contributed by atoms with Crippen LogP contribution in [0.25, 0.3) is 0 Å². The van der Waals surface area contributed by atoms with Gasteiger partial charge in [-0.25, -0.2) is 0 Å². The minimum Gasteiger partial charge on any atom is -0.384 e. The summed E-state index contributed by atoms with van der Waals surface area (Å²) < 4.78 is 1.08. The SMILES string of the molecule is Cc1cc(Br)cc(C)c1NCC(C)(C)CC(N)=O. The van der Waals surface area contributed by atoms with Crippen molar-refractivity contribution in [1.82, 2.24) is 0 Å². The van der Waals surface area contributed by atoms with Gasteiger partial charge in [0.2, 0.25) is 5.91 Å². The molecule has 0 aromatic heterocycles. The number of anilines is 1. The molecule has 1 aromatic rings. The molecule has 1 aromatic carbocycles. The molecule has 1 amide bonds. The van der Waals surface area contributed by atoms with Gasteiger partial charge in [-0.15, -0.1) is 0 Å². The van der Waals surface area contributed by atoms with Crippen molar-refractivity contribution in [2.45, 2.75) is 34.1 Å². The Balaban J connectivity index is 2.78. The second-order valence-corrected chi connectivity index (χ2v) is 6.49. The van der Waals surface area contributed by atoms with E-state index in [1.807, 2.05) is 13.8 Å². The molecule has 0 bridgehead atoms. The molecule has 0 fully saturated rings. The van der Waals surface area contributed by atoms with Crippen LogP contribution in [-0.2, 0) is 4.79 Å². The van der Waals surface area contributed by atoms with Crippen molar-refractivity contribution in [2.24, 2.45) is 11.1 Å². The summed E-state index contributed by atoms with van der Waals surface area (Å²) >= 11 is 3.48. The van der Waals surface area contributed by atoms with E-state index < -0.39 is 0 Å². The van der Waals surface area contributed by atoms with E-state index in [-0.39, 0.29) is 11.3 Å². The number of nitrogens with two attached hydrogens (primary N) is 1. The number of amides is 1. The van der Waals surface area contributed by atoms with Crippen LogP contribution in [0.1, 0.15) is 31.4 Å². The van der Waals surface area contributed by atoms with Crippen molar-refractivity contribution in [3.63, 3.8) is 0 Å².